The molecule has 2 atom stereocenters. The van der Waals surface area contributed by atoms with Crippen molar-refractivity contribution in [3.05, 3.63) is 88.0 Å². The predicted molar refractivity (Wildman–Crippen MR) is 80.6 cm³/mol. The molecule has 0 radical (unpaired) electrons. The monoisotopic (exact) mass is 295 g/mol. The Bertz CT molecular complexity index is 722. The average Bonchev–Trinajstić information content (AvgIpc) is 3.33. The van der Waals surface area contributed by atoms with E-state index in [1.165, 1.54) is 30.3 Å². The molecular weight excluding hydrogens is 282 g/mol. The maximum atomic E-state index is 12.0. The predicted octanol–water partition coefficient (Wildman–Crippen LogP) is 3.47. The molecule has 0 spiro atoms. The summed E-state index contributed by atoms with van der Waals surface area (Å²) in [5.41, 5.74) is 1.47. The Morgan fingerprint density at radius 2 is 1.77 bits per heavy atom. The van der Waals surface area contributed by atoms with Crippen LogP contribution >= 0.6 is 0 Å². The van der Waals surface area contributed by atoms with Crippen LogP contribution in [0.2, 0.25) is 0 Å². The first kappa shape index (κ1) is 14.2. The molecule has 3 rings (SSSR count). The lowest BCUT2D eigenvalue weighted by Gasteiger charge is -1.95. The van der Waals surface area contributed by atoms with Crippen LogP contribution in [0, 0.1) is 10.1 Å². The van der Waals surface area contributed by atoms with Gasteiger partial charge in [0.1, 0.15) is 12.2 Å². The number of carbonyl (C=O) groups is 1. The van der Waals surface area contributed by atoms with Crippen molar-refractivity contribution in [1.29, 1.82) is 0 Å². The normalized spacial score (nSPS) is 20.0. The molecule has 0 N–H and O–H groups in total. The number of rotatable bonds is 5. The smallest absolute Gasteiger partial charge is 0.269 e. The van der Waals surface area contributed by atoms with Gasteiger partial charge in [0.2, 0.25) is 0 Å². The minimum Gasteiger partial charge on any atom is -0.360 e. The van der Waals surface area contributed by atoms with Gasteiger partial charge in [-0.2, -0.15) is 0 Å². The van der Waals surface area contributed by atoms with Gasteiger partial charge in [0.05, 0.1) is 4.92 Å². The summed E-state index contributed by atoms with van der Waals surface area (Å²) in [5.74, 6) is -0.197. The molecule has 0 unspecified atom stereocenters. The third-order valence-electron chi connectivity index (χ3n) is 3.45. The number of ketones is 1. The van der Waals surface area contributed by atoms with Crippen molar-refractivity contribution in [3.63, 3.8) is 0 Å². The highest BCUT2D eigenvalue weighted by Gasteiger charge is 2.37. The van der Waals surface area contributed by atoms with E-state index in [-0.39, 0.29) is 23.7 Å². The van der Waals surface area contributed by atoms with Crippen molar-refractivity contribution in [1.82, 2.24) is 0 Å². The van der Waals surface area contributed by atoms with Crippen molar-refractivity contribution < 1.29 is 14.5 Å². The summed E-state index contributed by atoms with van der Waals surface area (Å²) in [7, 11) is 0. The number of nitrogens with zero attached hydrogens (tertiary/aromatic N) is 1. The van der Waals surface area contributed by atoms with Crippen molar-refractivity contribution >= 4 is 11.5 Å². The number of epoxide rings is 1. The summed E-state index contributed by atoms with van der Waals surface area (Å²) in [4.78, 5) is 22.1. The Morgan fingerprint density at radius 3 is 2.41 bits per heavy atom. The maximum absolute atomic E-state index is 12.0. The fraction of sp³-hybridized carbons (Fsp3) is 0.118. The molecule has 0 aliphatic carbocycles. The number of nitro benzene ring substituents is 1. The molecule has 1 aliphatic heterocycles. The fourth-order valence-electron chi connectivity index (χ4n) is 2.21. The molecule has 1 aliphatic rings. The second-order valence-electron chi connectivity index (χ2n) is 4.96. The molecule has 0 saturated carbocycles. The number of hydrogen-bond acceptors (Lipinski definition) is 4. The van der Waals surface area contributed by atoms with Crippen LogP contribution in [0.3, 0.4) is 0 Å². The summed E-state index contributed by atoms with van der Waals surface area (Å²) in [6, 6.07) is 15.3. The molecule has 22 heavy (non-hydrogen) atoms. The van der Waals surface area contributed by atoms with E-state index in [0.29, 0.717) is 5.56 Å². The fourth-order valence-corrected chi connectivity index (χ4v) is 2.21. The van der Waals surface area contributed by atoms with E-state index in [2.05, 4.69) is 0 Å². The topological polar surface area (TPSA) is 72.7 Å². The van der Waals surface area contributed by atoms with Gasteiger partial charge in [0.25, 0.3) is 5.69 Å². The van der Waals surface area contributed by atoms with Gasteiger partial charge >= 0.3 is 0 Å². The van der Waals surface area contributed by atoms with Crippen LogP contribution in [0.5, 0.6) is 0 Å². The molecule has 0 amide bonds. The summed E-state index contributed by atoms with van der Waals surface area (Å²) in [6.45, 7) is 0. The van der Waals surface area contributed by atoms with E-state index in [9.17, 15) is 14.9 Å². The van der Waals surface area contributed by atoms with Gasteiger partial charge in [0, 0.05) is 17.7 Å². The van der Waals surface area contributed by atoms with Gasteiger partial charge in [0.15, 0.2) is 5.78 Å². The van der Waals surface area contributed by atoms with Crippen molar-refractivity contribution in [2.45, 2.75) is 12.2 Å². The molecule has 0 bridgehead atoms. The molecule has 1 saturated heterocycles. The molecule has 110 valence electrons. The highest BCUT2D eigenvalue weighted by molar-refractivity contribution is 6.04. The maximum Gasteiger partial charge on any atom is 0.269 e. The molecule has 0 aromatic heterocycles. The minimum absolute atomic E-state index is 0.00195. The first-order valence-electron chi connectivity index (χ1n) is 6.82. The second-order valence-corrected chi connectivity index (χ2v) is 4.96. The van der Waals surface area contributed by atoms with Gasteiger partial charge < -0.3 is 4.74 Å². The van der Waals surface area contributed by atoms with Gasteiger partial charge in [-0.1, -0.05) is 30.3 Å². The Balaban J connectivity index is 1.62. The van der Waals surface area contributed by atoms with Crippen LogP contribution in [0.15, 0.2) is 66.7 Å². The second kappa shape index (κ2) is 5.91. The Hall–Kier alpha value is -2.79. The zero-order valence-electron chi connectivity index (χ0n) is 11.6. The Morgan fingerprint density at radius 1 is 1.09 bits per heavy atom. The molecule has 2 aromatic carbocycles. The summed E-state index contributed by atoms with van der Waals surface area (Å²) in [6.07, 6.45) is 3.09. The molecule has 5 nitrogen and oxygen atoms in total. The van der Waals surface area contributed by atoms with Gasteiger partial charge in [-0.25, -0.2) is 0 Å². The van der Waals surface area contributed by atoms with Crippen LogP contribution in [-0.4, -0.2) is 16.8 Å². The number of carbonyl (C=O) groups excluding carboxylic acids is 1. The first-order chi connectivity index (χ1) is 10.6. The minimum atomic E-state index is -0.493. The molecule has 1 heterocycles. The molecule has 1 fully saturated rings. The molecule has 5 heteroatoms. The number of ether oxygens (including phenoxy) is 1. The van der Waals surface area contributed by atoms with E-state index in [4.69, 9.17) is 4.74 Å². The average molecular weight is 295 g/mol. The summed E-state index contributed by atoms with van der Waals surface area (Å²) < 4.78 is 5.51. The van der Waals surface area contributed by atoms with E-state index in [1.54, 1.807) is 6.08 Å². The number of hydrogen-bond donors (Lipinski definition) is 0. The van der Waals surface area contributed by atoms with E-state index < -0.39 is 4.92 Å². The first-order valence-corrected chi connectivity index (χ1v) is 6.82. The van der Waals surface area contributed by atoms with Gasteiger partial charge in [-0.05, 0) is 29.8 Å². The zero-order valence-corrected chi connectivity index (χ0v) is 11.6. The SMILES string of the molecule is O=C(/C=C/[C@H]1O[C@@H]1c1ccccc1)c1ccc([N+](=O)[O-])cc1. The van der Waals surface area contributed by atoms with Crippen LogP contribution in [0.4, 0.5) is 5.69 Å². The third-order valence-corrected chi connectivity index (χ3v) is 3.45. The lowest BCUT2D eigenvalue weighted by atomic mass is 10.1. The van der Waals surface area contributed by atoms with Crippen LogP contribution in [0.25, 0.3) is 0 Å². The van der Waals surface area contributed by atoms with Gasteiger partial charge in [-0.15, -0.1) is 0 Å². The Labute approximate surface area is 127 Å². The van der Waals surface area contributed by atoms with Crippen molar-refractivity contribution in [2.75, 3.05) is 0 Å². The number of nitro groups is 1. The third kappa shape index (κ3) is 3.10. The largest absolute Gasteiger partial charge is 0.360 e. The number of benzene rings is 2. The lowest BCUT2D eigenvalue weighted by molar-refractivity contribution is -0.384. The number of allylic oxidation sites excluding steroid dienone is 1. The van der Waals surface area contributed by atoms with Crippen LogP contribution in [0.1, 0.15) is 22.0 Å². The van der Waals surface area contributed by atoms with Crippen molar-refractivity contribution in [2.24, 2.45) is 0 Å². The number of non-ortho nitro benzene ring substituents is 1. The van der Waals surface area contributed by atoms with Crippen LogP contribution < -0.4 is 0 Å². The molecular formula is C17H13NO4. The van der Waals surface area contributed by atoms with Crippen molar-refractivity contribution in [3.8, 4) is 0 Å². The van der Waals surface area contributed by atoms with Crippen LogP contribution in [-0.2, 0) is 4.74 Å². The standard InChI is InChI=1S/C17H13NO4/c19-15(12-6-8-14(9-7-12)18(20)21)10-11-16-17(22-16)13-4-2-1-3-5-13/h1-11,16-17H/b11-10+/t16-,17-/m1/s1. The zero-order chi connectivity index (χ0) is 15.5. The van der Waals surface area contributed by atoms with E-state index >= 15 is 0 Å². The molecule has 2 aromatic rings. The lowest BCUT2D eigenvalue weighted by Crippen LogP contribution is -1.96. The summed E-state index contributed by atoms with van der Waals surface area (Å²) in [5, 5.41) is 10.6. The highest BCUT2D eigenvalue weighted by atomic mass is 16.6. The van der Waals surface area contributed by atoms with E-state index in [0.717, 1.165) is 5.56 Å². The highest BCUT2D eigenvalue weighted by Crippen LogP contribution is 2.39. The van der Waals surface area contributed by atoms with Gasteiger partial charge in [-0.3, -0.25) is 14.9 Å². The Kier molecular flexibility index (Phi) is 3.80. The summed E-state index contributed by atoms with van der Waals surface area (Å²) >= 11 is 0. The quantitative estimate of drug-likeness (QED) is 0.278. The van der Waals surface area contributed by atoms with E-state index in [1.807, 2.05) is 30.3 Å².